The van der Waals surface area contributed by atoms with E-state index in [9.17, 15) is 4.79 Å². The van der Waals surface area contributed by atoms with Gasteiger partial charge in [0, 0.05) is 5.75 Å². The molecule has 2 aromatic rings. The van der Waals surface area contributed by atoms with Crippen molar-refractivity contribution < 1.29 is 9.90 Å². The zero-order valence-electron chi connectivity index (χ0n) is 9.79. The zero-order valence-corrected chi connectivity index (χ0v) is 11.4. The van der Waals surface area contributed by atoms with Crippen LogP contribution in [-0.4, -0.2) is 21.3 Å². The van der Waals surface area contributed by atoms with Gasteiger partial charge < -0.3 is 5.11 Å². The quantitative estimate of drug-likeness (QED) is 0.853. The Labute approximate surface area is 113 Å². The Kier molecular flexibility index (Phi) is 4.33. The lowest BCUT2D eigenvalue weighted by Crippen LogP contribution is -1.99. The molecule has 0 bridgehead atoms. The Morgan fingerprint density at radius 2 is 1.94 bits per heavy atom. The molecule has 1 N–H and O–H groups in total. The molecule has 1 aromatic heterocycles. The van der Waals surface area contributed by atoms with Crippen LogP contribution in [0.2, 0.25) is 0 Å². The van der Waals surface area contributed by atoms with Gasteiger partial charge in [-0.1, -0.05) is 47.4 Å². The second-order valence-electron chi connectivity index (χ2n) is 3.76. The molecule has 0 aliphatic carbocycles. The van der Waals surface area contributed by atoms with E-state index in [1.807, 2.05) is 31.2 Å². The molecule has 4 nitrogen and oxygen atoms in total. The SMILES string of the molecule is Cc1nnc(SCc2ccc(CC(=O)O)cc2)s1. The molecule has 0 fully saturated rings. The van der Waals surface area contributed by atoms with Gasteiger partial charge in [-0.25, -0.2) is 0 Å². The number of hydrogen-bond acceptors (Lipinski definition) is 5. The first-order valence-electron chi connectivity index (χ1n) is 5.36. The van der Waals surface area contributed by atoms with Gasteiger partial charge in [0.2, 0.25) is 0 Å². The van der Waals surface area contributed by atoms with E-state index in [0.29, 0.717) is 0 Å². The third-order valence-electron chi connectivity index (χ3n) is 2.25. The Balaban J connectivity index is 1.92. The van der Waals surface area contributed by atoms with Gasteiger partial charge in [-0.15, -0.1) is 10.2 Å². The third-order valence-corrected chi connectivity index (χ3v) is 4.29. The largest absolute Gasteiger partial charge is 0.481 e. The maximum Gasteiger partial charge on any atom is 0.307 e. The molecule has 0 aliphatic rings. The molecule has 0 spiro atoms. The topological polar surface area (TPSA) is 63.1 Å². The van der Waals surface area contributed by atoms with E-state index in [4.69, 9.17) is 5.11 Å². The molecular weight excluding hydrogens is 268 g/mol. The summed E-state index contributed by atoms with van der Waals surface area (Å²) < 4.78 is 0.960. The van der Waals surface area contributed by atoms with Gasteiger partial charge in [0.15, 0.2) is 4.34 Å². The molecule has 1 aromatic carbocycles. The second kappa shape index (κ2) is 5.97. The predicted octanol–water partition coefficient (Wildman–Crippen LogP) is 2.77. The van der Waals surface area contributed by atoms with E-state index in [2.05, 4.69) is 10.2 Å². The van der Waals surface area contributed by atoms with Crippen molar-refractivity contribution in [3.05, 3.63) is 40.4 Å². The number of carboxylic acid groups (broad SMARTS) is 1. The van der Waals surface area contributed by atoms with Crippen molar-refractivity contribution in [3.8, 4) is 0 Å². The van der Waals surface area contributed by atoms with Crippen molar-refractivity contribution in [2.45, 2.75) is 23.4 Å². The average molecular weight is 280 g/mol. The third kappa shape index (κ3) is 3.82. The van der Waals surface area contributed by atoms with Crippen molar-refractivity contribution in [1.29, 1.82) is 0 Å². The first kappa shape index (κ1) is 13.0. The minimum Gasteiger partial charge on any atom is -0.481 e. The summed E-state index contributed by atoms with van der Waals surface area (Å²) in [7, 11) is 0. The normalized spacial score (nSPS) is 10.5. The number of aliphatic carboxylic acids is 1. The molecule has 0 atom stereocenters. The van der Waals surface area contributed by atoms with Gasteiger partial charge in [-0.05, 0) is 18.1 Å². The molecule has 0 saturated carbocycles. The molecule has 2 rings (SSSR count). The summed E-state index contributed by atoms with van der Waals surface area (Å²) in [5.74, 6) is 0.0172. The highest BCUT2D eigenvalue weighted by atomic mass is 32.2. The fraction of sp³-hybridized carbons (Fsp3) is 0.250. The number of benzene rings is 1. The summed E-state index contributed by atoms with van der Waals surface area (Å²) in [5.41, 5.74) is 1.98. The number of hydrogen-bond donors (Lipinski definition) is 1. The van der Waals surface area contributed by atoms with Crippen molar-refractivity contribution in [2.75, 3.05) is 0 Å². The highest BCUT2D eigenvalue weighted by Crippen LogP contribution is 2.25. The fourth-order valence-corrected chi connectivity index (χ4v) is 3.18. The molecule has 94 valence electrons. The van der Waals surface area contributed by atoms with Gasteiger partial charge >= 0.3 is 5.97 Å². The van der Waals surface area contributed by atoms with Crippen LogP contribution in [0.15, 0.2) is 28.6 Å². The maximum absolute atomic E-state index is 10.5. The Hall–Kier alpha value is -1.40. The van der Waals surface area contributed by atoms with Crippen molar-refractivity contribution >= 4 is 29.1 Å². The number of aromatic nitrogens is 2. The van der Waals surface area contributed by atoms with Crippen LogP contribution in [0.5, 0.6) is 0 Å². The van der Waals surface area contributed by atoms with Crippen LogP contribution in [0.25, 0.3) is 0 Å². The molecule has 0 saturated heterocycles. The van der Waals surface area contributed by atoms with Crippen molar-refractivity contribution in [1.82, 2.24) is 10.2 Å². The minimum absolute atomic E-state index is 0.0724. The Morgan fingerprint density at radius 3 is 2.50 bits per heavy atom. The van der Waals surface area contributed by atoms with Gasteiger partial charge in [0.1, 0.15) is 5.01 Å². The zero-order chi connectivity index (χ0) is 13.0. The van der Waals surface area contributed by atoms with Crippen LogP contribution >= 0.6 is 23.1 Å². The van der Waals surface area contributed by atoms with E-state index in [0.717, 1.165) is 26.2 Å². The molecule has 6 heteroatoms. The molecule has 0 aliphatic heterocycles. The summed E-state index contributed by atoms with van der Waals surface area (Å²) in [4.78, 5) is 10.5. The lowest BCUT2D eigenvalue weighted by Gasteiger charge is -2.01. The van der Waals surface area contributed by atoms with E-state index in [-0.39, 0.29) is 6.42 Å². The number of rotatable bonds is 5. The Morgan fingerprint density at radius 1 is 1.28 bits per heavy atom. The summed E-state index contributed by atoms with van der Waals surface area (Å²) >= 11 is 3.22. The van der Waals surface area contributed by atoms with Gasteiger partial charge in [0.25, 0.3) is 0 Å². The first-order valence-corrected chi connectivity index (χ1v) is 7.16. The van der Waals surface area contributed by atoms with Crippen molar-refractivity contribution in [3.63, 3.8) is 0 Å². The molecule has 0 unspecified atom stereocenters. The molecule has 18 heavy (non-hydrogen) atoms. The lowest BCUT2D eigenvalue weighted by atomic mass is 10.1. The fourth-order valence-electron chi connectivity index (χ4n) is 1.41. The first-order chi connectivity index (χ1) is 8.63. The highest BCUT2D eigenvalue weighted by Gasteiger charge is 2.03. The molecule has 1 heterocycles. The van der Waals surface area contributed by atoms with Gasteiger partial charge in [0.05, 0.1) is 6.42 Å². The average Bonchev–Trinajstić information content (AvgIpc) is 2.74. The number of nitrogens with zero attached hydrogens (tertiary/aromatic N) is 2. The van der Waals surface area contributed by atoms with Crippen molar-refractivity contribution in [2.24, 2.45) is 0 Å². The van der Waals surface area contributed by atoms with Crippen LogP contribution in [-0.2, 0) is 17.0 Å². The number of carbonyl (C=O) groups is 1. The van der Waals surface area contributed by atoms with Gasteiger partial charge in [-0.2, -0.15) is 0 Å². The predicted molar refractivity (Wildman–Crippen MR) is 72.0 cm³/mol. The van der Waals surface area contributed by atoms with Crippen LogP contribution in [0.1, 0.15) is 16.1 Å². The summed E-state index contributed by atoms with van der Waals surface area (Å²) in [6.07, 6.45) is 0.0724. The van der Waals surface area contributed by atoms with Crippen LogP contribution < -0.4 is 0 Å². The molecular formula is C12H12N2O2S2. The second-order valence-corrected chi connectivity index (χ2v) is 6.17. The summed E-state index contributed by atoms with van der Waals surface area (Å²) in [6.45, 7) is 1.93. The Bertz CT molecular complexity index is 537. The number of aryl methyl sites for hydroxylation is 1. The number of carboxylic acids is 1. The summed E-state index contributed by atoms with van der Waals surface area (Å²) in [5, 5.41) is 17.6. The highest BCUT2D eigenvalue weighted by molar-refractivity contribution is 8.00. The van der Waals surface area contributed by atoms with Gasteiger partial charge in [-0.3, -0.25) is 4.79 Å². The molecule has 0 radical (unpaired) electrons. The van der Waals surface area contributed by atoms with Crippen LogP contribution in [0, 0.1) is 6.92 Å². The standard InChI is InChI=1S/C12H12N2O2S2/c1-8-13-14-12(18-8)17-7-10-4-2-9(3-5-10)6-11(15)16/h2-5H,6-7H2,1H3,(H,15,16). The van der Waals surface area contributed by atoms with E-state index in [1.165, 1.54) is 0 Å². The smallest absolute Gasteiger partial charge is 0.307 e. The number of thioether (sulfide) groups is 1. The summed E-state index contributed by atoms with van der Waals surface area (Å²) in [6, 6.07) is 7.63. The van der Waals surface area contributed by atoms with Crippen LogP contribution in [0.4, 0.5) is 0 Å². The van der Waals surface area contributed by atoms with Crippen LogP contribution in [0.3, 0.4) is 0 Å². The lowest BCUT2D eigenvalue weighted by molar-refractivity contribution is -0.136. The maximum atomic E-state index is 10.5. The van der Waals surface area contributed by atoms with E-state index >= 15 is 0 Å². The monoisotopic (exact) mass is 280 g/mol. The van der Waals surface area contributed by atoms with E-state index < -0.39 is 5.97 Å². The minimum atomic E-state index is -0.804. The van der Waals surface area contributed by atoms with E-state index in [1.54, 1.807) is 23.1 Å². The molecule has 0 amide bonds.